The Morgan fingerprint density at radius 1 is 0.976 bits per heavy atom. The molecule has 42 heavy (non-hydrogen) atoms. The monoisotopic (exact) mass is 599 g/mol. The molecule has 226 valence electrons. The molecule has 0 aromatic heterocycles. The topological polar surface area (TPSA) is 105 Å². The van der Waals surface area contributed by atoms with Gasteiger partial charge in [0.25, 0.3) is 0 Å². The number of sulfonamides is 1. The van der Waals surface area contributed by atoms with Crippen LogP contribution in [0.15, 0.2) is 72.8 Å². The second-order valence-electron chi connectivity index (χ2n) is 9.94. The van der Waals surface area contributed by atoms with Crippen LogP contribution in [0, 0.1) is 5.82 Å². The molecule has 3 aromatic carbocycles. The quantitative estimate of drug-likeness (QED) is 0.298. The van der Waals surface area contributed by atoms with E-state index in [2.05, 4.69) is 5.32 Å². The van der Waals surface area contributed by atoms with Gasteiger partial charge in [0.15, 0.2) is 0 Å². The molecule has 1 N–H and O–H groups in total. The largest absolute Gasteiger partial charge is 0.497 e. The Labute approximate surface area is 247 Å². The van der Waals surface area contributed by atoms with Gasteiger partial charge in [-0.2, -0.15) is 0 Å². The van der Waals surface area contributed by atoms with Crippen molar-refractivity contribution in [1.29, 1.82) is 0 Å². The molecule has 2 atom stereocenters. The second-order valence-corrected chi connectivity index (χ2v) is 11.9. The molecule has 0 spiro atoms. The molecular weight excluding hydrogens is 561 g/mol. The third kappa shape index (κ3) is 8.45. The van der Waals surface area contributed by atoms with Gasteiger partial charge < -0.3 is 19.7 Å². The lowest BCUT2D eigenvalue weighted by Gasteiger charge is -2.34. The molecule has 3 aromatic rings. The molecule has 0 unspecified atom stereocenters. The Bertz CT molecular complexity index is 1470. The molecule has 11 heteroatoms. The average Bonchev–Trinajstić information content (AvgIpc) is 2.97. The predicted molar refractivity (Wildman–Crippen MR) is 161 cm³/mol. The van der Waals surface area contributed by atoms with Crippen LogP contribution in [-0.2, 0) is 32.6 Å². The summed E-state index contributed by atoms with van der Waals surface area (Å²) in [7, 11) is -1.18. The van der Waals surface area contributed by atoms with E-state index >= 15 is 0 Å². The fourth-order valence-electron chi connectivity index (χ4n) is 4.39. The number of rotatable bonds is 14. The van der Waals surface area contributed by atoms with Crippen LogP contribution in [0.4, 0.5) is 10.1 Å². The minimum absolute atomic E-state index is 0.114. The van der Waals surface area contributed by atoms with Gasteiger partial charge in [-0.1, -0.05) is 55.5 Å². The summed E-state index contributed by atoms with van der Waals surface area (Å²) >= 11 is 0. The number of methoxy groups -OCH3 is 2. The number of hydrogen-bond donors (Lipinski definition) is 1. The maximum Gasteiger partial charge on any atom is 0.244 e. The number of anilines is 1. The summed E-state index contributed by atoms with van der Waals surface area (Å²) in [5.41, 5.74) is 1.08. The average molecular weight is 600 g/mol. The molecule has 0 heterocycles. The highest BCUT2D eigenvalue weighted by molar-refractivity contribution is 7.92. The molecular formula is C31H38FN3O6S. The van der Waals surface area contributed by atoms with Gasteiger partial charge in [0.05, 0.1) is 26.2 Å². The molecule has 2 amide bonds. The molecule has 9 nitrogen and oxygen atoms in total. The maximum absolute atomic E-state index is 14.9. The molecule has 3 rings (SSSR count). The highest BCUT2D eigenvalue weighted by atomic mass is 32.2. The van der Waals surface area contributed by atoms with E-state index in [1.54, 1.807) is 12.1 Å². The fourth-order valence-corrected chi connectivity index (χ4v) is 5.24. The number of halogens is 1. The summed E-state index contributed by atoms with van der Waals surface area (Å²) in [6.07, 6.45) is 1.76. The van der Waals surface area contributed by atoms with Gasteiger partial charge in [-0.05, 0) is 37.1 Å². The van der Waals surface area contributed by atoms with Crippen LogP contribution in [-0.4, -0.2) is 64.2 Å². The Balaban J connectivity index is 2.11. The smallest absolute Gasteiger partial charge is 0.244 e. The van der Waals surface area contributed by atoms with Crippen LogP contribution in [0.5, 0.6) is 11.5 Å². The first-order valence-corrected chi connectivity index (χ1v) is 15.4. The molecule has 0 saturated heterocycles. The van der Waals surface area contributed by atoms with E-state index in [0.29, 0.717) is 12.2 Å². The first-order chi connectivity index (χ1) is 20.0. The van der Waals surface area contributed by atoms with Gasteiger partial charge in [-0.15, -0.1) is 0 Å². The van der Waals surface area contributed by atoms with E-state index in [-0.39, 0.29) is 36.0 Å². The zero-order valence-electron chi connectivity index (χ0n) is 24.5. The number of carbonyl (C=O) groups is 2. The minimum atomic E-state index is -4.02. The Hall–Kier alpha value is -4.12. The first-order valence-electron chi connectivity index (χ1n) is 13.5. The molecule has 0 saturated carbocycles. The minimum Gasteiger partial charge on any atom is -0.497 e. The number of carbonyl (C=O) groups excluding carboxylic acids is 2. The normalized spacial score (nSPS) is 12.6. The van der Waals surface area contributed by atoms with Crippen LogP contribution in [0.3, 0.4) is 0 Å². The SMILES string of the molecule is CC[C@@H](C)NC(=O)[C@H](Cc1ccccc1)N(Cc1ccccc1F)C(=O)CN(c1ccc(OC)cc1OC)S(C)(=O)=O. The van der Waals surface area contributed by atoms with Crippen molar-refractivity contribution in [2.24, 2.45) is 0 Å². The van der Waals surface area contributed by atoms with E-state index < -0.39 is 40.2 Å². The van der Waals surface area contributed by atoms with E-state index in [4.69, 9.17) is 9.47 Å². The molecule has 0 fully saturated rings. The summed E-state index contributed by atoms with van der Waals surface area (Å²) in [5.74, 6) is -1.06. The fraction of sp³-hybridized carbons (Fsp3) is 0.355. The molecule has 0 radical (unpaired) electrons. The van der Waals surface area contributed by atoms with Gasteiger partial charge >= 0.3 is 0 Å². The number of amides is 2. The lowest BCUT2D eigenvalue weighted by atomic mass is 10.0. The Morgan fingerprint density at radius 2 is 1.64 bits per heavy atom. The zero-order chi connectivity index (χ0) is 30.9. The Kier molecular flexibility index (Phi) is 11.3. The predicted octanol–water partition coefficient (Wildman–Crippen LogP) is 4.16. The summed E-state index contributed by atoms with van der Waals surface area (Å²) in [5, 5.41) is 2.94. The van der Waals surface area contributed by atoms with Crippen molar-refractivity contribution in [1.82, 2.24) is 10.2 Å². The van der Waals surface area contributed by atoms with Crippen LogP contribution >= 0.6 is 0 Å². The van der Waals surface area contributed by atoms with Crippen molar-refractivity contribution in [3.8, 4) is 11.5 Å². The van der Waals surface area contributed by atoms with Gasteiger partial charge in [0.1, 0.15) is 29.9 Å². The zero-order valence-corrected chi connectivity index (χ0v) is 25.4. The number of nitrogens with zero attached hydrogens (tertiary/aromatic N) is 2. The number of benzene rings is 3. The van der Waals surface area contributed by atoms with Crippen LogP contribution in [0.2, 0.25) is 0 Å². The first kappa shape index (κ1) is 32.4. The summed E-state index contributed by atoms with van der Waals surface area (Å²) in [4.78, 5) is 29.1. The van der Waals surface area contributed by atoms with Gasteiger partial charge in [0.2, 0.25) is 21.8 Å². The number of nitrogens with one attached hydrogen (secondary N) is 1. The van der Waals surface area contributed by atoms with Gasteiger partial charge in [-0.3, -0.25) is 13.9 Å². The van der Waals surface area contributed by atoms with E-state index in [9.17, 15) is 22.4 Å². The molecule has 0 aliphatic carbocycles. The third-order valence-corrected chi connectivity index (χ3v) is 8.03. The number of ether oxygens (including phenoxy) is 2. The van der Waals surface area contributed by atoms with E-state index in [1.165, 1.54) is 49.5 Å². The summed E-state index contributed by atoms with van der Waals surface area (Å²) < 4.78 is 52.5. The highest BCUT2D eigenvalue weighted by Gasteiger charge is 2.34. The standard InChI is InChI=1S/C31H38FN3O6S/c1-6-22(2)33-31(37)28(18-23-12-8-7-9-13-23)34(20-24-14-10-11-15-26(24)32)30(36)21-35(42(5,38)39)27-17-16-25(40-3)19-29(27)41-4/h7-17,19,22,28H,6,18,20-21H2,1-5H3,(H,33,37)/t22-,28+/m1/s1. The van der Waals surface area contributed by atoms with Gasteiger partial charge in [0, 0.05) is 30.6 Å². The van der Waals surface area contributed by atoms with Crippen molar-refractivity contribution in [3.63, 3.8) is 0 Å². The summed E-state index contributed by atoms with van der Waals surface area (Å²) in [6.45, 7) is 2.86. The summed E-state index contributed by atoms with van der Waals surface area (Å²) in [6, 6.07) is 18.4. The van der Waals surface area contributed by atoms with Gasteiger partial charge in [-0.25, -0.2) is 12.8 Å². The van der Waals surface area contributed by atoms with Crippen molar-refractivity contribution >= 4 is 27.5 Å². The van der Waals surface area contributed by atoms with Crippen molar-refractivity contribution in [3.05, 3.63) is 89.7 Å². The molecule has 0 aliphatic heterocycles. The van der Waals surface area contributed by atoms with Crippen LogP contribution in [0.25, 0.3) is 0 Å². The van der Waals surface area contributed by atoms with Crippen LogP contribution in [0.1, 0.15) is 31.4 Å². The van der Waals surface area contributed by atoms with Crippen molar-refractivity contribution in [2.75, 3.05) is 31.3 Å². The van der Waals surface area contributed by atoms with Crippen LogP contribution < -0.4 is 19.1 Å². The van der Waals surface area contributed by atoms with Crippen molar-refractivity contribution < 1.29 is 31.9 Å². The lowest BCUT2D eigenvalue weighted by Crippen LogP contribution is -2.54. The molecule has 0 bridgehead atoms. The lowest BCUT2D eigenvalue weighted by molar-refractivity contribution is -0.140. The van der Waals surface area contributed by atoms with E-state index in [0.717, 1.165) is 16.1 Å². The highest BCUT2D eigenvalue weighted by Crippen LogP contribution is 2.34. The third-order valence-electron chi connectivity index (χ3n) is 6.91. The number of hydrogen-bond acceptors (Lipinski definition) is 6. The second kappa shape index (κ2) is 14.7. The van der Waals surface area contributed by atoms with E-state index in [1.807, 2.05) is 44.2 Å². The molecule has 0 aliphatic rings. The Morgan fingerprint density at radius 3 is 2.24 bits per heavy atom. The van der Waals surface area contributed by atoms with Crippen molar-refractivity contribution in [2.45, 2.75) is 45.3 Å². The maximum atomic E-state index is 14.9.